The van der Waals surface area contributed by atoms with E-state index in [4.69, 9.17) is 0 Å². The summed E-state index contributed by atoms with van der Waals surface area (Å²) in [6, 6.07) is 12.3. The number of rotatable bonds is 5. The van der Waals surface area contributed by atoms with Crippen molar-refractivity contribution in [2.75, 3.05) is 37.6 Å². The second-order valence-electron chi connectivity index (χ2n) is 6.09. The van der Waals surface area contributed by atoms with Crippen LogP contribution in [0.2, 0.25) is 0 Å². The summed E-state index contributed by atoms with van der Waals surface area (Å²) in [5.41, 5.74) is 2.31. The van der Waals surface area contributed by atoms with Crippen LogP contribution in [0.1, 0.15) is 12.0 Å². The molecule has 0 saturated carbocycles. The van der Waals surface area contributed by atoms with Gasteiger partial charge in [-0.25, -0.2) is 4.68 Å². The molecular formula is C18H24N4O. The highest BCUT2D eigenvalue weighted by molar-refractivity contribution is 5.43. The van der Waals surface area contributed by atoms with Gasteiger partial charge in [0.25, 0.3) is 5.56 Å². The van der Waals surface area contributed by atoms with Gasteiger partial charge in [0.15, 0.2) is 0 Å². The molecule has 3 rings (SSSR count). The van der Waals surface area contributed by atoms with Gasteiger partial charge in [-0.05, 0) is 24.9 Å². The summed E-state index contributed by atoms with van der Waals surface area (Å²) in [5.74, 6) is 0. The van der Waals surface area contributed by atoms with Crippen molar-refractivity contribution in [1.82, 2.24) is 14.7 Å². The molecule has 1 fully saturated rings. The van der Waals surface area contributed by atoms with Gasteiger partial charge in [-0.2, -0.15) is 5.10 Å². The van der Waals surface area contributed by atoms with Gasteiger partial charge < -0.3 is 4.90 Å². The minimum atomic E-state index is -0.0483. The molecule has 0 radical (unpaired) electrons. The number of hydrogen-bond acceptors (Lipinski definition) is 4. The third-order valence-electron chi connectivity index (χ3n) is 4.47. The van der Waals surface area contributed by atoms with E-state index in [9.17, 15) is 4.79 Å². The maximum atomic E-state index is 11.7. The van der Waals surface area contributed by atoms with Crippen LogP contribution >= 0.6 is 0 Å². The average molecular weight is 312 g/mol. The Kier molecular flexibility index (Phi) is 5.08. The molecule has 2 aromatic rings. The Labute approximate surface area is 137 Å². The zero-order chi connectivity index (χ0) is 16.1. The number of hydrogen-bond donors (Lipinski definition) is 0. The summed E-state index contributed by atoms with van der Waals surface area (Å²) in [6.45, 7) is 5.14. The normalized spacial score (nSPS) is 15.8. The molecule has 0 spiro atoms. The van der Waals surface area contributed by atoms with E-state index >= 15 is 0 Å². The van der Waals surface area contributed by atoms with E-state index in [1.54, 1.807) is 19.3 Å². The van der Waals surface area contributed by atoms with Gasteiger partial charge in [-0.15, -0.1) is 0 Å². The lowest BCUT2D eigenvalue weighted by molar-refractivity contribution is 0.255. The quantitative estimate of drug-likeness (QED) is 0.840. The third kappa shape index (κ3) is 4.20. The van der Waals surface area contributed by atoms with Crippen molar-refractivity contribution in [2.24, 2.45) is 7.05 Å². The Morgan fingerprint density at radius 3 is 2.52 bits per heavy atom. The van der Waals surface area contributed by atoms with E-state index in [0.29, 0.717) is 0 Å². The Balaban J connectivity index is 1.45. The van der Waals surface area contributed by atoms with Gasteiger partial charge in [0, 0.05) is 39.3 Å². The standard InChI is InChI=1S/C18H24N4O/c1-20-18(23)14-17(15-19-20)22-12-10-21(11-13-22)9-5-8-16-6-3-2-4-7-16/h2-4,6-7,14-15H,5,8-13H2,1H3. The van der Waals surface area contributed by atoms with Crippen LogP contribution in [0.4, 0.5) is 5.69 Å². The highest BCUT2D eigenvalue weighted by Gasteiger charge is 2.17. The molecule has 0 atom stereocenters. The molecular weight excluding hydrogens is 288 g/mol. The van der Waals surface area contributed by atoms with Crippen LogP contribution in [-0.4, -0.2) is 47.4 Å². The molecule has 0 amide bonds. The molecule has 5 heteroatoms. The molecule has 0 aliphatic carbocycles. The smallest absolute Gasteiger partial charge is 0.268 e. The van der Waals surface area contributed by atoms with E-state index < -0.39 is 0 Å². The number of piperazine rings is 1. The zero-order valence-electron chi connectivity index (χ0n) is 13.7. The lowest BCUT2D eigenvalue weighted by Crippen LogP contribution is -2.47. The number of benzene rings is 1. The molecule has 0 N–H and O–H groups in total. The summed E-state index contributed by atoms with van der Waals surface area (Å²) < 4.78 is 1.36. The van der Waals surface area contributed by atoms with Crippen LogP contribution in [-0.2, 0) is 13.5 Å². The number of aromatic nitrogens is 2. The Morgan fingerprint density at radius 1 is 1.09 bits per heavy atom. The van der Waals surface area contributed by atoms with Crippen molar-refractivity contribution >= 4 is 5.69 Å². The third-order valence-corrected chi connectivity index (χ3v) is 4.47. The van der Waals surface area contributed by atoms with Crippen LogP contribution in [0, 0.1) is 0 Å². The SMILES string of the molecule is Cn1ncc(N2CCN(CCCc3ccccc3)CC2)cc1=O. The highest BCUT2D eigenvalue weighted by atomic mass is 16.1. The van der Waals surface area contributed by atoms with E-state index in [-0.39, 0.29) is 5.56 Å². The van der Waals surface area contributed by atoms with E-state index in [1.165, 1.54) is 16.7 Å². The van der Waals surface area contributed by atoms with Crippen molar-refractivity contribution in [3.63, 3.8) is 0 Å². The molecule has 1 aromatic carbocycles. The largest absolute Gasteiger partial charge is 0.368 e. The van der Waals surface area contributed by atoms with Gasteiger partial charge in [0.1, 0.15) is 0 Å². The van der Waals surface area contributed by atoms with Crippen LogP contribution in [0.15, 0.2) is 47.4 Å². The minimum absolute atomic E-state index is 0.0483. The second kappa shape index (κ2) is 7.42. The van der Waals surface area contributed by atoms with Gasteiger partial charge in [-0.3, -0.25) is 9.69 Å². The van der Waals surface area contributed by atoms with E-state index in [2.05, 4.69) is 45.2 Å². The number of anilines is 1. The molecule has 122 valence electrons. The van der Waals surface area contributed by atoms with Crippen molar-refractivity contribution in [1.29, 1.82) is 0 Å². The van der Waals surface area contributed by atoms with Crippen molar-refractivity contribution in [2.45, 2.75) is 12.8 Å². The van der Waals surface area contributed by atoms with E-state index in [1.807, 2.05) is 0 Å². The van der Waals surface area contributed by atoms with Gasteiger partial charge in [0.05, 0.1) is 11.9 Å². The number of nitrogens with zero attached hydrogens (tertiary/aromatic N) is 4. The molecule has 5 nitrogen and oxygen atoms in total. The van der Waals surface area contributed by atoms with Crippen molar-refractivity contribution < 1.29 is 0 Å². The molecule has 23 heavy (non-hydrogen) atoms. The lowest BCUT2D eigenvalue weighted by Gasteiger charge is -2.35. The maximum absolute atomic E-state index is 11.7. The Morgan fingerprint density at radius 2 is 1.83 bits per heavy atom. The Hall–Kier alpha value is -2.14. The summed E-state index contributed by atoms with van der Waals surface area (Å²) in [4.78, 5) is 16.4. The fourth-order valence-corrected chi connectivity index (χ4v) is 3.01. The molecule has 1 aliphatic heterocycles. The second-order valence-corrected chi connectivity index (χ2v) is 6.09. The number of aryl methyl sites for hydroxylation is 2. The van der Waals surface area contributed by atoms with Crippen molar-refractivity contribution in [3.05, 3.63) is 58.5 Å². The van der Waals surface area contributed by atoms with Crippen LogP contribution in [0.25, 0.3) is 0 Å². The van der Waals surface area contributed by atoms with Crippen LogP contribution in [0.5, 0.6) is 0 Å². The topological polar surface area (TPSA) is 41.4 Å². The van der Waals surface area contributed by atoms with Gasteiger partial charge in [0.2, 0.25) is 0 Å². The predicted octanol–water partition coefficient (Wildman–Crippen LogP) is 1.54. The summed E-state index contributed by atoms with van der Waals surface area (Å²) in [6.07, 6.45) is 4.11. The molecule has 0 bridgehead atoms. The van der Waals surface area contributed by atoms with Gasteiger partial charge in [-0.1, -0.05) is 30.3 Å². The van der Waals surface area contributed by atoms with Crippen LogP contribution < -0.4 is 10.5 Å². The summed E-state index contributed by atoms with van der Waals surface area (Å²) in [7, 11) is 1.68. The first-order chi connectivity index (χ1) is 11.2. The van der Waals surface area contributed by atoms with E-state index in [0.717, 1.165) is 44.8 Å². The molecule has 0 unspecified atom stereocenters. The molecule has 2 heterocycles. The Bertz CT molecular complexity index is 675. The fourth-order valence-electron chi connectivity index (χ4n) is 3.01. The summed E-state index contributed by atoms with van der Waals surface area (Å²) in [5, 5.41) is 4.10. The monoisotopic (exact) mass is 312 g/mol. The average Bonchev–Trinajstić information content (AvgIpc) is 2.59. The molecule has 1 aliphatic rings. The minimum Gasteiger partial charge on any atom is -0.368 e. The first-order valence-electron chi connectivity index (χ1n) is 8.27. The lowest BCUT2D eigenvalue weighted by atomic mass is 10.1. The molecule has 1 saturated heterocycles. The van der Waals surface area contributed by atoms with Gasteiger partial charge >= 0.3 is 0 Å². The zero-order valence-corrected chi connectivity index (χ0v) is 13.7. The first kappa shape index (κ1) is 15.7. The molecule has 1 aromatic heterocycles. The fraction of sp³-hybridized carbons (Fsp3) is 0.444. The van der Waals surface area contributed by atoms with Crippen molar-refractivity contribution in [3.8, 4) is 0 Å². The first-order valence-corrected chi connectivity index (χ1v) is 8.27. The summed E-state index contributed by atoms with van der Waals surface area (Å²) >= 11 is 0. The predicted molar refractivity (Wildman–Crippen MR) is 92.9 cm³/mol. The maximum Gasteiger partial charge on any atom is 0.268 e. The van der Waals surface area contributed by atoms with Crippen LogP contribution in [0.3, 0.4) is 0 Å². The highest BCUT2D eigenvalue weighted by Crippen LogP contribution is 2.13.